The molecule has 100 valence electrons. The lowest BCUT2D eigenvalue weighted by molar-refractivity contribution is 0.482. The third kappa shape index (κ3) is 4.09. The monoisotopic (exact) mass is 256 g/mol. The molecule has 3 nitrogen and oxygen atoms in total. The molecule has 1 atom stereocenters. The van der Waals surface area contributed by atoms with Crippen LogP contribution in [0.2, 0.25) is 0 Å². The summed E-state index contributed by atoms with van der Waals surface area (Å²) in [7, 11) is 0. The Morgan fingerprint density at radius 1 is 0.895 bits per heavy atom. The minimum absolute atomic E-state index is 0.0503. The molecule has 3 heteroatoms. The molecule has 0 aromatic heterocycles. The summed E-state index contributed by atoms with van der Waals surface area (Å²) >= 11 is 0. The highest BCUT2D eigenvalue weighted by atomic mass is 16.5. The average Bonchev–Trinajstić information content (AvgIpc) is 2.46. The molecular formula is C16H20N2O. The fourth-order valence-electron chi connectivity index (χ4n) is 1.91. The highest BCUT2D eigenvalue weighted by molar-refractivity contribution is 5.33. The largest absolute Gasteiger partial charge is 0.457 e. The SMILES string of the molecule is NCCC[C@H](N)c1ccc(Oc2ccccc2)cc1. The molecule has 4 N–H and O–H groups in total. The van der Waals surface area contributed by atoms with Gasteiger partial charge in [0.2, 0.25) is 0 Å². The normalized spacial score (nSPS) is 12.1. The number of ether oxygens (including phenoxy) is 1. The number of hydrogen-bond donors (Lipinski definition) is 2. The molecule has 0 bridgehead atoms. The van der Waals surface area contributed by atoms with Gasteiger partial charge < -0.3 is 16.2 Å². The first-order valence-electron chi connectivity index (χ1n) is 6.58. The molecule has 2 aromatic rings. The Kier molecular flexibility index (Phi) is 4.95. The molecule has 19 heavy (non-hydrogen) atoms. The van der Waals surface area contributed by atoms with E-state index in [1.165, 1.54) is 0 Å². The predicted octanol–water partition coefficient (Wildman–Crippen LogP) is 3.22. The van der Waals surface area contributed by atoms with E-state index >= 15 is 0 Å². The van der Waals surface area contributed by atoms with Crippen LogP contribution < -0.4 is 16.2 Å². The van der Waals surface area contributed by atoms with Gasteiger partial charge in [0.1, 0.15) is 11.5 Å². The van der Waals surface area contributed by atoms with Crippen molar-refractivity contribution in [1.29, 1.82) is 0 Å². The van der Waals surface area contributed by atoms with E-state index in [1.807, 2.05) is 54.6 Å². The van der Waals surface area contributed by atoms with E-state index in [4.69, 9.17) is 16.2 Å². The molecule has 0 saturated heterocycles. The summed E-state index contributed by atoms with van der Waals surface area (Å²) in [6, 6.07) is 17.7. The lowest BCUT2D eigenvalue weighted by atomic mass is 10.0. The zero-order chi connectivity index (χ0) is 13.5. The molecule has 0 radical (unpaired) electrons. The minimum atomic E-state index is 0.0503. The van der Waals surface area contributed by atoms with Gasteiger partial charge in [-0.25, -0.2) is 0 Å². The summed E-state index contributed by atoms with van der Waals surface area (Å²) in [5, 5.41) is 0. The molecule has 0 fully saturated rings. The number of rotatable bonds is 6. The van der Waals surface area contributed by atoms with Gasteiger partial charge in [-0.3, -0.25) is 0 Å². The lowest BCUT2D eigenvalue weighted by Gasteiger charge is -2.12. The van der Waals surface area contributed by atoms with E-state index in [2.05, 4.69) is 0 Å². The van der Waals surface area contributed by atoms with Crippen LogP contribution in [0.4, 0.5) is 0 Å². The fraction of sp³-hybridized carbons (Fsp3) is 0.250. The molecule has 0 amide bonds. The third-order valence-electron chi connectivity index (χ3n) is 3.01. The van der Waals surface area contributed by atoms with E-state index in [0.29, 0.717) is 6.54 Å². The number of hydrogen-bond acceptors (Lipinski definition) is 3. The molecule has 0 aliphatic rings. The molecule has 2 aromatic carbocycles. The highest BCUT2D eigenvalue weighted by Gasteiger charge is 2.05. The van der Waals surface area contributed by atoms with Gasteiger partial charge in [0, 0.05) is 6.04 Å². The van der Waals surface area contributed by atoms with Crippen LogP contribution in [0.5, 0.6) is 11.5 Å². The Hall–Kier alpha value is -1.84. The van der Waals surface area contributed by atoms with Crippen molar-refractivity contribution in [3.05, 3.63) is 60.2 Å². The molecule has 0 spiro atoms. The highest BCUT2D eigenvalue weighted by Crippen LogP contribution is 2.23. The Morgan fingerprint density at radius 3 is 2.16 bits per heavy atom. The first-order valence-corrected chi connectivity index (χ1v) is 6.58. The average molecular weight is 256 g/mol. The maximum Gasteiger partial charge on any atom is 0.127 e. The van der Waals surface area contributed by atoms with Crippen molar-refractivity contribution in [2.24, 2.45) is 11.5 Å². The van der Waals surface area contributed by atoms with Crippen LogP contribution in [0, 0.1) is 0 Å². The van der Waals surface area contributed by atoms with Crippen molar-refractivity contribution in [3.63, 3.8) is 0 Å². The quantitative estimate of drug-likeness (QED) is 0.834. The first-order chi connectivity index (χ1) is 9.29. The van der Waals surface area contributed by atoms with Crippen molar-refractivity contribution in [2.75, 3.05) is 6.54 Å². The van der Waals surface area contributed by atoms with Gasteiger partial charge in [0.15, 0.2) is 0 Å². The summed E-state index contributed by atoms with van der Waals surface area (Å²) in [6.45, 7) is 0.683. The lowest BCUT2D eigenvalue weighted by Crippen LogP contribution is -2.12. The Labute approximate surface area is 114 Å². The van der Waals surface area contributed by atoms with Crippen LogP contribution in [0.25, 0.3) is 0 Å². The van der Waals surface area contributed by atoms with Gasteiger partial charge in [0.05, 0.1) is 0 Å². The van der Waals surface area contributed by atoms with Gasteiger partial charge in [-0.1, -0.05) is 30.3 Å². The van der Waals surface area contributed by atoms with E-state index < -0.39 is 0 Å². The summed E-state index contributed by atoms with van der Waals surface area (Å²) in [6.07, 6.45) is 1.86. The topological polar surface area (TPSA) is 61.3 Å². The molecule has 2 rings (SSSR count). The van der Waals surface area contributed by atoms with Gasteiger partial charge >= 0.3 is 0 Å². The molecule has 0 heterocycles. The van der Waals surface area contributed by atoms with Gasteiger partial charge in [-0.15, -0.1) is 0 Å². The van der Waals surface area contributed by atoms with Crippen LogP contribution in [-0.2, 0) is 0 Å². The predicted molar refractivity (Wildman–Crippen MR) is 78.2 cm³/mol. The van der Waals surface area contributed by atoms with Gasteiger partial charge in [-0.2, -0.15) is 0 Å². The number of benzene rings is 2. The van der Waals surface area contributed by atoms with Crippen LogP contribution in [-0.4, -0.2) is 6.54 Å². The fourth-order valence-corrected chi connectivity index (χ4v) is 1.91. The van der Waals surface area contributed by atoms with E-state index in [9.17, 15) is 0 Å². The van der Waals surface area contributed by atoms with Crippen LogP contribution in [0.15, 0.2) is 54.6 Å². The first kappa shape index (κ1) is 13.6. The van der Waals surface area contributed by atoms with Gasteiger partial charge in [-0.05, 0) is 49.2 Å². The van der Waals surface area contributed by atoms with E-state index in [1.54, 1.807) is 0 Å². The molecule has 0 saturated carbocycles. The van der Waals surface area contributed by atoms with Crippen molar-refractivity contribution >= 4 is 0 Å². The van der Waals surface area contributed by atoms with Crippen LogP contribution >= 0.6 is 0 Å². The van der Waals surface area contributed by atoms with Crippen molar-refractivity contribution in [2.45, 2.75) is 18.9 Å². The standard InChI is InChI=1S/C16H20N2O/c17-12-4-7-16(18)13-8-10-15(11-9-13)19-14-5-2-1-3-6-14/h1-3,5-6,8-11,16H,4,7,12,17-18H2/t16-/m0/s1. The molecule has 0 aliphatic heterocycles. The molecular weight excluding hydrogens is 236 g/mol. The Balaban J connectivity index is 1.98. The second-order valence-electron chi connectivity index (χ2n) is 4.52. The zero-order valence-corrected chi connectivity index (χ0v) is 11.0. The zero-order valence-electron chi connectivity index (χ0n) is 11.0. The van der Waals surface area contributed by atoms with E-state index in [-0.39, 0.29) is 6.04 Å². The van der Waals surface area contributed by atoms with Crippen LogP contribution in [0.1, 0.15) is 24.4 Å². The van der Waals surface area contributed by atoms with Crippen LogP contribution in [0.3, 0.4) is 0 Å². The van der Waals surface area contributed by atoms with Gasteiger partial charge in [0.25, 0.3) is 0 Å². The molecule has 0 aliphatic carbocycles. The van der Waals surface area contributed by atoms with Crippen molar-refractivity contribution in [3.8, 4) is 11.5 Å². The summed E-state index contributed by atoms with van der Waals surface area (Å²) in [5.74, 6) is 1.66. The number of nitrogens with two attached hydrogens (primary N) is 2. The maximum absolute atomic E-state index is 6.09. The summed E-state index contributed by atoms with van der Waals surface area (Å²) in [4.78, 5) is 0. The Bertz CT molecular complexity index is 482. The second-order valence-corrected chi connectivity index (χ2v) is 4.52. The summed E-state index contributed by atoms with van der Waals surface area (Å²) in [5.41, 5.74) is 12.7. The Morgan fingerprint density at radius 2 is 1.53 bits per heavy atom. The van der Waals surface area contributed by atoms with Crippen molar-refractivity contribution < 1.29 is 4.74 Å². The number of para-hydroxylation sites is 1. The summed E-state index contributed by atoms with van der Waals surface area (Å²) < 4.78 is 5.73. The maximum atomic E-state index is 6.09. The minimum Gasteiger partial charge on any atom is -0.457 e. The third-order valence-corrected chi connectivity index (χ3v) is 3.01. The smallest absolute Gasteiger partial charge is 0.127 e. The molecule has 0 unspecified atom stereocenters. The van der Waals surface area contributed by atoms with Crippen molar-refractivity contribution in [1.82, 2.24) is 0 Å². The second kappa shape index (κ2) is 6.92. The van der Waals surface area contributed by atoms with E-state index in [0.717, 1.165) is 29.9 Å².